The summed E-state index contributed by atoms with van der Waals surface area (Å²) in [6, 6.07) is 17.0. The van der Waals surface area contributed by atoms with Gasteiger partial charge < -0.3 is 13.8 Å². The van der Waals surface area contributed by atoms with E-state index in [2.05, 4.69) is 12.1 Å². The van der Waals surface area contributed by atoms with Gasteiger partial charge in [0.1, 0.15) is 5.75 Å². The van der Waals surface area contributed by atoms with Gasteiger partial charge in [0.25, 0.3) is 0 Å². The molecule has 1 aliphatic rings. The molecule has 2 aromatic carbocycles. The molecule has 0 N–H and O–H groups in total. The van der Waals surface area contributed by atoms with E-state index in [1.165, 1.54) is 12.5 Å². The fraction of sp³-hybridized carbons (Fsp3) is 0.409. The molecule has 0 aromatic heterocycles. The Balaban J connectivity index is 1.70. The van der Waals surface area contributed by atoms with Gasteiger partial charge in [-0.2, -0.15) is 8.42 Å². The Bertz CT molecular complexity index is 929. The van der Waals surface area contributed by atoms with Crippen LogP contribution in [0.3, 0.4) is 0 Å². The zero-order valence-electron chi connectivity index (χ0n) is 16.8. The summed E-state index contributed by atoms with van der Waals surface area (Å²) < 4.78 is 33.7. The van der Waals surface area contributed by atoms with Crippen molar-refractivity contribution in [1.29, 1.82) is 0 Å². The van der Waals surface area contributed by atoms with Crippen LogP contribution in [0.25, 0.3) is 0 Å². The van der Waals surface area contributed by atoms with E-state index in [1.54, 1.807) is 30.2 Å². The summed E-state index contributed by atoms with van der Waals surface area (Å²) in [4.78, 5) is 14.9. The molecule has 0 spiro atoms. The lowest BCUT2D eigenvalue weighted by molar-refractivity contribution is -0.134. The van der Waals surface area contributed by atoms with Gasteiger partial charge in [-0.1, -0.05) is 42.5 Å². The average molecular weight is 418 g/mol. The van der Waals surface area contributed by atoms with E-state index >= 15 is 0 Å². The van der Waals surface area contributed by atoms with Crippen LogP contribution in [-0.4, -0.2) is 45.2 Å². The highest BCUT2D eigenvalue weighted by Gasteiger charge is 2.45. The van der Waals surface area contributed by atoms with Crippen LogP contribution >= 0.6 is 0 Å². The number of carbonyl (C=O) groups is 1. The van der Waals surface area contributed by atoms with Crippen molar-refractivity contribution in [1.82, 2.24) is 4.90 Å². The molecule has 0 saturated heterocycles. The summed E-state index contributed by atoms with van der Waals surface area (Å²) in [5.41, 5.74) is 2.01. The maximum absolute atomic E-state index is 13.1. The molecule has 0 heterocycles. The third-order valence-corrected chi connectivity index (χ3v) is 6.21. The second kappa shape index (κ2) is 9.41. The highest BCUT2D eigenvalue weighted by atomic mass is 32.2. The SMILES string of the molecule is CCS(=O)(=O)Oc1cccc(CN(CCOC)C(=O)[C@@H]2C[C@H]2c2ccccc2)c1. The molecule has 0 unspecified atom stereocenters. The lowest BCUT2D eigenvalue weighted by atomic mass is 10.1. The Labute approximate surface area is 172 Å². The van der Waals surface area contributed by atoms with E-state index in [4.69, 9.17) is 8.92 Å². The third kappa shape index (κ3) is 5.81. The summed E-state index contributed by atoms with van der Waals surface area (Å²) >= 11 is 0. The highest BCUT2D eigenvalue weighted by Crippen LogP contribution is 2.48. The topological polar surface area (TPSA) is 72.9 Å². The van der Waals surface area contributed by atoms with Crippen molar-refractivity contribution >= 4 is 16.0 Å². The minimum absolute atomic E-state index is 0.0193. The number of carbonyl (C=O) groups excluding carboxylic acids is 1. The number of hydrogen-bond donors (Lipinski definition) is 0. The van der Waals surface area contributed by atoms with Crippen LogP contribution < -0.4 is 4.18 Å². The number of benzene rings is 2. The minimum atomic E-state index is -3.59. The quantitative estimate of drug-likeness (QED) is 0.555. The van der Waals surface area contributed by atoms with Crippen LogP contribution in [0.2, 0.25) is 0 Å². The number of rotatable bonds is 10. The predicted molar refractivity (Wildman–Crippen MR) is 111 cm³/mol. The van der Waals surface area contributed by atoms with Crippen molar-refractivity contribution in [2.45, 2.75) is 25.8 Å². The van der Waals surface area contributed by atoms with Crippen LogP contribution in [0.15, 0.2) is 54.6 Å². The molecule has 6 nitrogen and oxygen atoms in total. The highest BCUT2D eigenvalue weighted by molar-refractivity contribution is 7.87. The number of nitrogens with zero attached hydrogens (tertiary/aromatic N) is 1. The lowest BCUT2D eigenvalue weighted by Crippen LogP contribution is -2.34. The molecule has 7 heteroatoms. The van der Waals surface area contributed by atoms with E-state index in [-0.39, 0.29) is 29.2 Å². The van der Waals surface area contributed by atoms with Crippen molar-refractivity contribution in [2.24, 2.45) is 5.92 Å². The van der Waals surface area contributed by atoms with E-state index in [9.17, 15) is 13.2 Å². The molecule has 0 radical (unpaired) electrons. The number of hydrogen-bond acceptors (Lipinski definition) is 5. The van der Waals surface area contributed by atoms with E-state index < -0.39 is 10.1 Å². The zero-order valence-corrected chi connectivity index (χ0v) is 17.6. The summed E-state index contributed by atoms with van der Waals surface area (Å²) in [5.74, 6) is 0.505. The largest absolute Gasteiger partial charge is 0.383 e. The lowest BCUT2D eigenvalue weighted by Gasteiger charge is -2.23. The summed E-state index contributed by atoms with van der Waals surface area (Å²) in [7, 11) is -1.98. The molecule has 2 atom stereocenters. The Morgan fingerprint density at radius 1 is 1.14 bits per heavy atom. The molecule has 1 fully saturated rings. The monoisotopic (exact) mass is 417 g/mol. The summed E-state index contributed by atoms with van der Waals surface area (Å²) in [5, 5.41) is 0. The van der Waals surface area contributed by atoms with Crippen molar-refractivity contribution in [3.05, 3.63) is 65.7 Å². The maximum atomic E-state index is 13.1. The molecule has 1 saturated carbocycles. The minimum Gasteiger partial charge on any atom is -0.383 e. The van der Waals surface area contributed by atoms with Gasteiger partial charge in [-0.05, 0) is 42.5 Å². The molecule has 0 bridgehead atoms. The first-order valence-corrected chi connectivity index (χ1v) is 11.3. The smallest absolute Gasteiger partial charge is 0.308 e. The fourth-order valence-electron chi connectivity index (χ4n) is 3.36. The Hall–Kier alpha value is -2.38. The second-order valence-electron chi connectivity index (χ2n) is 7.19. The summed E-state index contributed by atoms with van der Waals surface area (Å²) in [6.07, 6.45) is 0.851. The Morgan fingerprint density at radius 2 is 1.90 bits per heavy atom. The molecule has 0 aliphatic heterocycles. The van der Waals surface area contributed by atoms with Crippen molar-refractivity contribution in [2.75, 3.05) is 26.0 Å². The molecule has 2 aromatic rings. The normalized spacial score (nSPS) is 18.3. The first-order valence-electron chi connectivity index (χ1n) is 9.77. The Kier molecular flexibility index (Phi) is 6.92. The molecule has 156 valence electrons. The van der Waals surface area contributed by atoms with Gasteiger partial charge in [-0.25, -0.2) is 0 Å². The van der Waals surface area contributed by atoms with Gasteiger partial charge in [0, 0.05) is 26.1 Å². The first kappa shape index (κ1) is 21.3. The van der Waals surface area contributed by atoms with Gasteiger partial charge in [0.15, 0.2) is 0 Å². The van der Waals surface area contributed by atoms with Crippen LogP contribution in [-0.2, 0) is 26.2 Å². The van der Waals surface area contributed by atoms with Crippen LogP contribution in [0.4, 0.5) is 0 Å². The fourth-order valence-corrected chi connectivity index (χ4v) is 3.88. The van der Waals surface area contributed by atoms with Gasteiger partial charge >= 0.3 is 10.1 Å². The molecular formula is C22H27NO5S. The van der Waals surface area contributed by atoms with Crippen LogP contribution in [0, 0.1) is 5.92 Å². The number of ether oxygens (including phenoxy) is 1. The average Bonchev–Trinajstić information content (AvgIpc) is 3.52. The number of amides is 1. The molecule has 1 amide bonds. The van der Waals surface area contributed by atoms with E-state index in [0.29, 0.717) is 19.7 Å². The van der Waals surface area contributed by atoms with Gasteiger partial charge in [-0.3, -0.25) is 4.79 Å². The van der Waals surface area contributed by atoms with Crippen molar-refractivity contribution in [3.8, 4) is 5.75 Å². The van der Waals surface area contributed by atoms with Crippen molar-refractivity contribution in [3.63, 3.8) is 0 Å². The summed E-state index contributed by atoms with van der Waals surface area (Å²) in [6.45, 7) is 2.83. The van der Waals surface area contributed by atoms with Gasteiger partial charge in [0.2, 0.25) is 5.91 Å². The maximum Gasteiger partial charge on any atom is 0.308 e. The Morgan fingerprint density at radius 3 is 2.59 bits per heavy atom. The molecule has 3 rings (SSSR count). The number of methoxy groups -OCH3 is 1. The van der Waals surface area contributed by atoms with E-state index in [1.807, 2.05) is 24.3 Å². The van der Waals surface area contributed by atoms with E-state index in [0.717, 1.165) is 12.0 Å². The first-order chi connectivity index (χ1) is 13.9. The van der Waals surface area contributed by atoms with Crippen LogP contribution in [0.5, 0.6) is 5.75 Å². The van der Waals surface area contributed by atoms with Gasteiger partial charge in [-0.15, -0.1) is 0 Å². The van der Waals surface area contributed by atoms with Crippen molar-refractivity contribution < 1.29 is 22.1 Å². The molecular weight excluding hydrogens is 390 g/mol. The molecule has 1 aliphatic carbocycles. The van der Waals surface area contributed by atoms with Crippen LogP contribution in [0.1, 0.15) is 30.4 Å². The standard InChI is InChI=1S/C22H27NO5S/c1-3-29(25,26)28-19-11-7-8-17(14-19)16-23(12-13-27-2)22(24)21-15-20(21)18-9-5-4-6-10-18/h4-11,14,20-21H,3,12-13,15-16H2,1-2H3/t20-,21+/m0/s1. The third-order valence-electron chi connectivity index (χ3n) is 5.06. The molecule has 29 heavy (non-hydrogen) atoms. The zero-order chi connectivity index (χ0) is 20.9. The predicted octanol–water partition coefficient (Wildman–Crippen LogP) is 3.19. The van der Waals surface area contributed by atoms with Gasteiger partial charge in [0.05, 0.1) is 12.4 Å². The second-order valence-corrected chi connectivity index (χ2v) is 9.05.